The van der Waals surface area contributed by atoms with Crippen LogP contribution in [0.15, 0.2) is 48.2 Å². The highest BCUT2D eigenvalue weighted by Crippen LogP contribution is 2.41. The Balaban J connectivity index is 1.39. The monoisotopic (exact) mass is 392 g/mol. The molecule has 2 fully saturated rings. The number of hydrogen-bond donors (Lipinski definition) is 0. The van der Waals surface area contributed by atoms with Gasteiger partial charge in [0.25, 0.3) is 5.91 Å². The number of carbonyl (C=O) groups is 1. The van der Waals surface area contributed by atoms with Crippen LogP contribution in [0.5, 0.6) is 5.88 Å². The molecule has 0 spiro atoms. The van der Waals surface area contributed by atoms with Crippen LogP contribution < -0.4 is 4.74 Å². The molecule has 6 nitrogen and oxygen atoms in total. The maximum absolute atomic E-state index is 13.4. The van der Waals surface area contributed by atoms with Crippen molar-refractivity contribution < 1.29 is 9.53 Å². The highest BCUT2D eigenvalue weighted by atomic mass is 32.1. The molecule has 0 aromatic carbocycles. The van der Waals surface area contributed by atoms with Crippen molar-refractivity contribution in [3.05, 3.63) is 59.4 Å². The number of ether oxygens (including phenoxy) is 1. The van der Waals surface area contributed by atoms with E-state index in [1.807, 2.05) is 41.5 Å². The Morgan fingerprint density at radius 1 is 1.18 bits per heavy atom. The Hall–Kier alpha value is -2.80. The summed E-state index contributed by atoms with van der Waals surface area (Å²) in [6.07, 6.45) is 7.18. The molecule has 3 atom stereocenters. The standard InChI is InChI=1S/C21H20N4O2S/c1-13-4-5-18(24-11-13)27-17-10-14-9-16(17)25(12-14)21(26)15-3-2-6-22-19(15)20-23-7-8-28-20/h2-8,11,14,16-17H,9-10,12H2,1H3. The molecule has 1 saturated heterocycles. The smallest absolute Gasteiger partial charge is 0.256 e. The fraction of sp³-hybridized carbons (Fsp3) is 0.333. The number of nitrogens with zero attached hydrogens (tertiary/aromatic N) is 4. The van der Waals surface area contributed by atoms with Gasteiger partial charge in [-0.2, -0.15) is 0 Å². The highest BCUT2D eigenvalue weighted by Gasteiger charge is 2.48. The first-order valence-electron chi connectivity index (χ1n) is 9.44. The second-order valence-electron chi connectivity index (χ2n) is 7.43. The molecule has 3 unspecified atom stereocenters. The predicted molar refractivity (Wildman–Crippen MR) is 106 cm³/mol. The second kappa shape index (κ2) is 6.98. The van der Waals surface area contributed by atoms with E-state index in [-0.39, 0.29) is 18.1 Å². The minimum Gasteiger partial charge on any atom is -0.472 e. The van der Waals surface area contributed by atoms with Gasteiger partial charge in [-0.1, -0.05) is 6.07 Å². The van der Waals surface area contributed by atoms with Gasteiger partial charge in [0.05, 0.1) is 11.6 Å². The van der Waals surface area contributed by atoms with Gasteiger partial charge in [-0.05, 0) is 43.4 Å². The number of pyridine rings is 2. The second-order valence-corrected chi connectivity index (χ2v) is 8.32. The predicted octanol–water partition coefficient (Wildman–Crippen LogP) is 3.59. The third-order valence-electron chi connectivity index (χ3n) is 5.52. The van der Waals surface area contributed by atoms with Crippen molar-refractivity contribution >= 4 is 17.2 Å². The van der Waals surface area contributed by atoms with Gasteiger partial charge in [-0.15, -0.1) is 11.3 Å². The Morgan fingerprint density at radius 3 is 2.86 bits per heavy atom. The summed E-state index contributed by atoms with van der Waals surface area (Å²) in [5.41, 5.74) is 2.36. The average molecular weight is 392 g/mol. The third kappa shape index (κ3) is 3.05. The summed E-state index contributed by atoms with van der Waals surface area (Å²) in [7, 11) is 0. The fourth-order valence-corrected chi connectivity index (χ4v) is 4.89. The van der Waals surface area contributed by atoms with Crippen molar-refractivity contribution in [1.82, 2.24) is 19.9 Å². The van der Waals surface area contributed by atoms with Crippen molar-refractivity contribution in [2.75, 3.05) is 6.54 Å². The van der Waals surface area contributed by atoms with Gasteiger partial charge < -0.3 is 9.64 Å². The molecule has 1 amide bonds. The zero-order valence-electron chi connectivity index (χ0n) is 15.5. The molecule has 2 aliphatic rings. The molecular weight excluding hydrogens is 372 g/mol. The Morgan fingerprint density at radius 2 is 2.11 bits per heavy atom. The van der Waals surface area contributed by atoms with Gasteiger partial charge >= 0.3 is 0 Å². The lowest BCUT2D eigenvalue weighted by molar-refractivity contribution is 0.0467. The van der Waals surface area contributed by atoms with Gasteiger partial charge in [0.2, 0.25) is 5.88 Å². The van der Waals surface area contributed by atoms with Crippen LogP contribution in [0.2, 0.25) is 0 Å². The Bertz CT molecular complexity index is 990. The summed E-state index contributed by atoms with van der Waals surface area (Å²) < 4.78 is 6.15. The lowest BCUT2D eigenvalue weighted by Crippen LogP contribution is -2.47. The SMILES string of the molecule is Cc1ccc(OC2CC3CC2N(C(=O)c2cccnc2-c2nccs2)C3)nc1. The van der Waals surface area contributed by atoms with Crippen molar-refractivity contribution in [3.63, 3.8) is 0 Å². The van der Waals surface area contributed by atoms with Crippen LogP contribution >= 0.6 is 11.3 Å². The Labute approximate surface area is 167 Å². The van der Waals surface area contributed by atoms with Crippen molar-refractivity contribution in [2.24, 2.45) is 5.92 Å². The van der Waals surface area contributed by atoms with Gasteiger partial charge in [0.15, 0.2) is 0 Å². The number of fused-ring (bicyclic) bond motifs is 2. The fourth-order valence-electron chi connectivity index (χ4n) is 4.25. The molecule has 28 heavy (non-hydrogen) atoms. The van der Waals surface area contributed by atoms with E-state index in [0.717, 1.165) is 30.0 Å². The number of aromatic nitrogens is 3. The van der Waals surface area contributed by atoms with Crippen molar-refractivity contribution in [1.29, 1.82) is 0 Å². The summed E-state index contributed by atoms with van der Waals surface area (Å²) in [5.74, 6) is 1.11. The number of aryl methyl sites for hydroxylation is 1. The topological polar surface area (TPSA) is 68.2 Å². The first-order valence-corrected chi connectivity index (χ1v) is 10.3. The largest absolute Gasteiger partial charge is 0.472 e. The van der Waals surface area contributed by atoms with Crippen molar-refractivity contribution in [2.45, 2.75) is 31.9 Å². The molecule has 1 aliphatic carbocycles. The van der Waals surface area contributed by atoms with E-state index in [2.05, 4.69) is 15.0 Å². The van der Waals surface area contributed by atoms with Crippen molar-refractivity contribution in [3.8, 4) is 16.6 Å². The highest BCUT2D eigenvalue weighted by molar-refractivity contribution is 7.13. The van der Waals surface area contributed by atoms with Gasteiger partial charge in [0, 0.05) is 36.6 Å². The van der Waals surface area contributed by atoms with Gasteiger partial charge in [-0.25, -0.2) is 9.97 Å². The van der Waals surface area contributed by atoms with Crippen LogP contribution in [0.1, 0.15) is 28.8 Å². The van der Waals surface area contributed by atoms with E-state index < -0.39 is 0 Å². The van der Waals surface area contributed by atoms with Crippen LogP contribution in [-0.4, -0.2) is 44.4 Å². The quantitative estimate of drug-likeness (QED) is 0.679. The number of hydrogen-bond acceptors (Lipinski definition) is 6. The molecule has 0 N–H and O–H groups in total. The van der Waals surface area contributed by atoms with Crippen LogP contribution in [0.4, 0.5) is 0 Å². The lowest BCUT2D eigenvalue weighted by Gasteiger charge is -2.33. The van der Waals surface area contributed by atoms with E-state index in [1.54, 1.807) is 18.6 Å². The van der Waals surface area contributed by atoms with E-state index in [1.165, 1.54) is 11.3 Å². The maximum atomic E-state index is 13.4. The molecule has 142 valence electrons. The Kier molecular flexibility index (Phi) is 4.31. The molecule has 1 aliphatic heterocycles. The summed E-state index contributed by atoms with van der Waals surface area (Å²) in [6.45, 7) is 2.78. The minimum atomic E-state index is -0.0158. The van der Waals surface area contributed by atoms with E-state index in [4.69, 9.17) is 4.74 Å². The average Bonchev–Trinajstić information content (AvgIpc) is 3.46. The van der Waals surface area contributed by atoms with E-state index in [0.29, 0.717) is 23.1 Å². The van der Waals surface area contributed by atoms with E-state index >= 15 is 0 Å². The summed E-state index contributed by atoms with van der Waals surface area (Å²) in [5, 5.41) is 2.67. The first-order chi connectivity index (χ1) is 13.7. The normalized spacial score (nSPS) is 23.2. The van der Waals surface area contributed by atoms with Crippen LogP contribution in [-0.2, 0) is 0 Å². The molecule has 1 saturated carbocycles. The number of piperidine rings is 1. The zero-order valence-corrected chi connectivity index (χ0v) is 16.3. The maximum Gasteiger partial charge on any atom is 0.256 e. The number of thiazole rings is 1. The van der Waals surface area contributed by atoms with Crippen LogP contribution in [0, 0.1) is 12.8 Å². The van der Waals surface area contributed by atoms with Gasteiger partial charge in [-0.3, -0.25) is 9.78 Å². The molecule has 3 aromatic rings. The summed E-state index contributed by atoms with van der Waals surface area (Å²) >= 11 is 1.49. The summed E-state index contributed by atoms with van der Waals surface area (Å²) in [6, 6.07) is 7.62. The molecule has 7 heteroatoms. The molecule has 3 aromatic heterocycles. The molecule has 0 radical (unpaired) electrons. The lowest BCUT2D eigenvalue weighted by atomic mass is 10.1. The number of likely N-dealkylation sites (tertiary alicyclic amines) is 1. The first kappa shape index (κ1) is 17.3. The zero-order chi connectivity index (χ0) is 19.1. The van der Waals surface area contributed by atoms with E-state index in [9.17, 15) is 4.79 Å². The number of rotatable bonds is 4. The number of carbonyl (C=O) groups excluding carboxylic acids is 1. The number of amides is 1. The molecule has 2 bridgehead atoms. The molecule has 4 heterocycles. The minimum absolute atomic E-state index is 0.0102. The third-order valence-corrected chi connectivity index (χ3v) is 6.29. The van der Waals surface area contributed by atoms with Crippen LogP contribution in [0.25, 0.3) is 10.7 Å². The van der Waals surface area contributed by atoms with Gasteiger partial charge in [0.1, 0.15) is 16.8 Å². The molecular formula is C21H20N4O2S. The molecule has 5 rings (SSSR count). The van der Waals surface area contributed by atoms with Crippen LogP contribution in [0.3, 0.4) is 0 Å². The summed E-state index contributed by atoms with van der Waals surface area (Å²) in [4.78, 5) is 28.5.